The molecule has 1 atom stereocenters. The van der Waals surface area contributed by atoms with Gasteiger partial charge in [0.25, 0.3) is 11.1 Å². The SMILES string of the molecule is CC(NC(=O)Cn1[nH]c(=O)c2ccccc2c1=O)C12CC3CC(CC(C3)C1)C2. The Morgan fingerprint density at radius 2 is 1.68 bits per heavy atom. The topological polar surface area (TPSA) is 84.0 Å². The van der Waals surface area contributed by atoms with Crippen LogP contribution in [0.3, 0.4) is 0 Å². The highest BCUT2D eigenvalue weighted by molar-refractivity contribution is 5.81. The van der Waals surface area contributed by atoms with Gasteiger partial charge in [-0.25, -0.2) is 4.68 Å². The van der Waals surface area contributed by atoms with Crippen LogP contribution in [0.15, 0.2) is 33.9 Å². The molecule has 1 unspecified atom stereocenters. The number of aromatic amines is 1. The first-order chi connectivity index (χ1) is 13.4. The minimum absolute atomic E-state index is 0.0938. The maximum Gasteiger partial charge on any atom is 0.273 e. The first kappa shape index (κ1) is 17.7. The number of hydrogen-bond donors (Lipinski definition) is 2. The number of amides is 1. The largest absolute Gasteiger partial charge is 0.351 e. The Kier molecular flexibility index (Phi) is 4.00. The average molecular weight is 381 g/mol. The number of carbonyl (C=O) groups is 1. The van der Waals surface area contributed by atoms with Gasteiger partial charge < -0.3 is 5.32 Å². The zero-order valence-electron chi connectivity index (χ0n) is 16.2. The number of benzene rings is 1. The van der Waals surface area contributed by atoms with Crippen LogP contribution < -0.4 is 16.4 Å². The Bertz CT molecular complexity index is 1020. The minimum Gasteiger partial charge on any atom is -0.351 e. The van der Waals surface area contributed by atoms with E-state index in [0.717, 1.165) is 22.4 Å². The predicted molar refractivity (Wildman–Crippen MR) is 107 cm³/mol. The van der Waals surface area contributed by atoms with Crippen LogP contribution in [0.2, 0.25) is 0 Å². The summed E-state index contributed by atoms with van der Waals surface area (Å²) in [6.45, 7) is 1.96. The lowest BCUT2D eigenvalue weighted by atomic mass is 9.48. The molecule has 0 aliphatic heterocycles. The van der Waals surface area contributed by atoms with Crippen LogP contribution in [-0.2, 0) is 11.3 Å². The molecule has 2 N–H and O–H groups in total. The summed E-state index contributed by atoms with van der Waals surface area (Å²) in [6.07, 6.45) is 7.75. The summed E-state index contributed by atoms with van der Waals surface area (Å²) in [5.41, 5.74) is -0.475. The molecule has 1 aromatic heterocycles. The van der Waals surface area contributed by atoms with Crippen molar-refractivity contribution in [2.45, 2.75) is 58.0 Å². The molecule has 6 rings (SSSR count). The Labute approximate surface area is 163 Å². The zero-order valence-corrected chi connectivity index (χ0v) is 16.2. The van der Waals surface area contributed by atoms with Crippen molar-refractivity contribution < 1.29 is 4.79 Å². The van der Waals surface area contributed by atoms with Crippen LogP contribution >= 0.6 is 0 Å². The Morgan fingerprint density at radius 3 is 2.29 bits per heavy atom. The Balaban J connectivity index is 1.34. The molecular formula is C22H27N3O3. The summed E-state index contributed by atoms with van der Waals surface area (Å²) in [5, 5.41) is 6.40. The molecule has 6 heteroatoms. The maximum atomic E-state index is 12.7. The highest BCUT2D eigenvalue weighted by Gasteiger charge is 2.53. The van der Waals surface area contributed by atoms with Gasteiger partial charge in [-0.1, -0.05) is 12.1 Å². The summed E-state index contributed by atoms with van der Waals surface area (Å²) < 4.78 is 1.13. The van der Waals surface area contributed by atoms with Crippen molar-refractivity contribution in [3.63, 3.8) is 0 Å². The lowest BCUT2D eigenvalue weighted by molar-refractivity contribution is -0.126. The van der Waals surface area contributed by atoms with E-state index in [2.05, 4.69) is 17.3 Å². The minimum atomic E-state index is -0.350. The van der Waals surface area contributed by atoms with Crippen molar-refractivity contribution in [2.75, 3.05) is 0 Å². The van der Waals surface area contributed by atoms with Gasteiger partial charge in [0, 0.05) is 6.04 Å². The van der Waals surface area contributed by atoms with E-state index in [4.69, 9.17) is 0 Å². The molecule has 2 aromatic rings. The molecule has 4 saturated carbocycles. The van der Waals surface area contributed by atoms with Crippen molar-refractivity contribution >= 4 is 16.7 Å². The second-order valence-corrected chi connectivity index (χ2v) is 9.45. The first-order valence-electron chi connectivity index (χ1n) is 10.4. The van der Waals surface area contributed by atoms with Crippen molar-refractivity contribution in [1.82, 2.24) is 15.1 Å². The van der Waals surface area contributed by atoms with E-state index < -0.39 is 0 Å². The predicted octanol–water partition coefficient (Wildman–Crippen LogP) is 2.41. The molecule has 6 nitrogen and oxygen atoms in total. The van der Waals surface area contributed by atoms with E-state index in [0.29, 0.717) is 10.8 Å². The number of hydrogen-bond acceptors (Lipinski definition) is 3. The van der Waals surface area contributed by atoms with Crippen molar-refractivity contribution in [1.29, 1.82) is 0 Å². The van der Waals surface area contributed by atoms with Crippen LogP contribution in [0, 0.1) is 23.2 Å². The third-order valence-corrected chi connectivity index (χ3v) is 7.57. The van der Waals surface area contributed by atoms with Crippen LogP contribution in [0.4, 0.5) is 0 Å². The van der Waals surface area contributed by atoms with Gasteiger partial charge in [0.1, 0.15) is 6.54 Å². The van der Waals surface area contributed by atoms with Crippen molar-refractivity contribution in [3.8, 4) is 0 Å². The van der Waals surface area contributed by atoms with E-state index in [1.54, 1.807) is 24.3 Å². The molecule has 1 amide bonds. The Morgan fingerprint density at radius 1 is 1.11 bits per heavy atom. The molecule has 4 aliphatic carbocycles. The molecule has 0 radical (unpaired) electrons. The van der Waals surface area contributed by atoms with Gasteiger partial charge in [-0.05, 0) is 80.8 Å². The van der Waals surface area contributed by atoms with Crippen LogP contribution in [0.1, 0.15) is 45.4 Å². The van der Waals surface area contributed by atoms with Gasteiger partial charge in [0.05, 0.1) is 10.8 Å². The number of fused-ring (bicyclic) bond motifs is 1. The fraction of sp³-hybridized carbons (Fsp3) is 0.591. The normalized spacial score (nSPS) is 31.8. The standard InChI is InChI=1S/C22H27N3O3/c1-13(22-9-14-6-15(10-22)8-16(7-14)11-22)23-19(26)12-25-21(28)18-5-3-2-4-17(18)20(27)24-25/h2-5,13-16H,6-12H2,1H3,(H,23,26)(H,24,27). The highest BCUT2D eigenvalue weighted by atomic mass is 16.2. The fourth-order valence-electron chi connectivity index (χ4n) is 6.65. The molecule has 1 heterocycles. The second kappa shape index (κ2) is 6.33. The first-order valence-corrected chi connectivity index (χ1v) is 10.4. The third-order valence-electron chi connectivity index (χ3n) is 7.57. The summed E-state index contributed by atoms with van der Waals surface area (Å²) in [4.78, 5) is 37.6. The number of nitrogens with zero attached hydrogens (tertiary/aromatic N) is 1. The number of rotatable bonds is 4. The van der Waals surface area contributed by atoms with Gasteiger partial charge in [-0.15, -0.1) is 0 Å². The summed E-state index contributed by atoms with van der Waals surface area (Å²) in [5.74, 6) is 2.26. The van der Waals surface area contributed by atoms with Gasteiger partial charge in [0.15, 0.2) is 0 Å². The van der Waals surface area contributed by atoms with Gasteiger partial charge in [-0.2, -0.15) is 0 Å². The lowest BCUT2D eigenvalue weighted by Crippen LogP contribution is -2.56. The van der Waals surface area contributed by atoms with Crippen LogP contribution in [0.25, 0.3) is 10.8 Å². The third kappa shape index (κ3) is 2.81. The number of H-pyrrole nitrogens is 1. The monoisotopic (exact) mass is 381 g/mol. The van der Waals surface area contributed by atoms with Gasteiger partial charge in [0.2, 0.25) is 5.91 Å². The van der Waals surface area contributed by atoms with E-state index in [1.807, 2.05) is 0 Å². The molecular weight excluding hydrogens is 354 g/mol. The van der Waals surface area contributed by atoms with E-state index in [1.165, 1.54) is 38.5 Å². The molecule has 4 aliphatic rings. The quantitative estimate of drug-likeness (QED) is 0.853. The van der Waals surface area contributed by atoms with E-state index in [-0.39, 0.29) is 35.0 Å². The molecule has 4 bridgehead atoms. The summed E-state index contributed by atoms with van der Waals surface area (Å²) in [7, 11) is 0. The van der Waals surface area contributed by atoms with Crippen molar-refractivity contribution in [2.24, 2.45) is 23.2 Å². The fourth-order valence-corrected chi connectivity index (χ4v) is 6.65. The van der Waals surface area contributed by atoms with Crippen LogP contribution in [0.5, 0.6) is 0 Å². The summed E-state index contributed by atoms with van der Waals surface area (Å²) in [6, 6.07) is 6.79. The van der Waals surface area contributed by atoms with Crippen LogP contribution in [-0.4, -0.2) is 21.7 Å². The van der Waals surface area contributed by atoms with Gasteiger partial charge in [-0.3, -0.25) is 19.5 Å². The summed E-state index contributed by atoms with van der Waals surface area (Å²) >= 11 is 0. The van der Waals surface area contributed by atoms with Gasteiger partial charge >= 0.3 is 0 Å². The molecule has 4 fully saturated rings. The zero-order chi connectivity index (χ0) is 19.5. The molecule has 1 aromatic carbocycles. The van der Waals surface area contributed by atoms with Crippen molar-refractivity contribution in [3.05, 3.63) is 45.0 Å². The second-order valence-electron chi connectivity index (χ2n) is 9.45. The highest BCUT2D eigenvalue weighted by Crippen LogP contribution is 2.61. The van der Waals surface area contributed by atoms with E-state index >= 15 is 0 Å². The molecule has 0 spiro atoms. The molecule has 0 saturated heterocycles. The Hall–Kier alpha value is -2.37. The molecule has 148 valence electrons. The number of aromatic nitrogens is 2. The van der Waals surface area contributed by atoms with E-state index in [9.17, 15) is 14.4 Å². The smallest absolute Gasteiger partial charge is 0.273 e. The lowest BCUT2D eigenvalue weighted by Gasteiger charge is -2.59. The maximum absolute atomic E-state index is 12.7. The molecule has 28 heavy (non-hydrogen) atoms. The average Bonchev–Trinajstić information content (AvgIpc) is 2.65. The number of carbonyl (C=O) groups excluding carboxylic acids is 1. The number of nitrogens with one attached hydrogen (secondary N) is 2.